The minimum Gasteiger partial charge on any atom is -0.294 e. The second-order valence-electron chi connectivity index (χ2n) is 6.98. The van der Waals surface area contributed by atoms with Crippen LogP contribution in [-0.2, 0) is 4.79 Å². The third-order valence-corrected chi connectivity index (χ3v) is 6.11. The van der Waals surface area contributed by atoms with Crippen molar-refractivity contribution >= 4 is 35.1 Å². The first-order valence-corrected chi connectivity index (χ1v) is 8.29. The Labute approximate surface area is 133 Å². The van der Waals surface area contributed by atoms with Gasteiger partial charge in [0, 0.05) is 0 Å². The molecule has 21 heavy (non-hydrogen) atoms. The van der Waals surface area contributed by atoms with Gasteiger partial charge in [0.1, 0.15) is 0 Å². The van der Waals surface area contributed by atoms with Crippen molar-refractivity contribution in [2.24, 2.45) is 23.2 Å². The quantitative estimate of drug-likeness (QED) is 0.838. The number of amides is 1. The van der Waals surface area contributed by atoms with Gasteiger partial charge in [0.15, 0.2) is 5.15 Å². The van der Waals surface area contributed by atoms with E-state index >= 15 is 0 Å². The van der Waals surface area contributed by atoms with E-state index in [1.165, 1.54) is 25.5 Å². The van der Waals surface area contributed by atoms with Gasteiger partial charge in [-0.15, -0.1) is 0 Å². The van der Waals surface area contributed by atoms with E-state index in [4.69, 9.17) is 23.2 Å². The van der Waals surface area contributed by atoms with Crippen molar-refractivity contribution in [3.63, 3.8) is 0 Å². The lowest BCUT2D eigenvalue weighted by Crippen LogP contribution is -2.51. The van der Waals surface area contributed by atoms with Gasteiger partial charge in [-0.05, 0) is 56.3 Å². The van der Waals surface area contributed by atoms with E-state index < -0.39 is 0 Å². The number of nitrogens with one attached hydrogen (secondary N) is 1. The summed E-state index contributed by atoms with van der Waals surface area (Å²) in [6.45, 7) is 0. The maximum absolute atomic E-state index is 12.8. The zero-order valence-corrected chi connectivity index (χ0v) is 13.1. The highest BCUT2D eigenvalue weighted by Gasteiger charge is 2.54. The van der Waals surface area contributed by atoms with E-state index in [1.807, 2.05) is 0 Å². The molecule has 0 aromatic carbocycles. The first-order chi connectivity index (χ1) is 10.0. The van der Waals surface area contributed by atoms with Gasteiger partial charge in [-0.25, -0.2) is 4.98 Å². The number of carbonyl (C=O) groups is 1. The molecule has 4 saturated carbocycles. The molecule has 1 N–H and O–H groups in total. The normalized spacial score (nSPS) is 36.8. The number of rotatable bonds is 2. The van der Waals surface area contributed by atoms with Gasteiger partial charge in [0.25, 0.3) is 0 Å². The van der Waals surface area contributed by atoms with Crippen molar-refractivity contribution in [1.82, 2.24) is 9.97 Å². The fourth-order valence-corrected chi connectivity index (χ4v) is 5.25. The number of anilines is 1. The van der Waals surface area contributed by atoms with Crippen LogP contribution in [0, 0.1) is 23.2 Å². The molecule has 0 saturated heterocycles. The molecule has 1 heterocycles. The summed E-state index contributed by atoms with van der Waals surface area (Å²) in [4.78, 5) is 20.9. The molecule has 0 radical (unpaired) electrons. The molecule has 0 atom stereocenters. The molecule has 1 aromatic heterocycles. The number of aromatic nitrogens is 2. The van der Waals surface area contributed by atoms with Crippen LogP contribution in [-0.4, -0.2) is 15.9 Å². The fourth-order valence-electron chi connectivity index (χ4n) is 5.03. The SMILES string of the molecule is O=C(Nc1ncc(Cl)c(Cl)n1)C12CC3CC(CC(C3)C1)C2. The lowest BCUT2D eigenvalue weighted by molar-refractivity contribution is -0.140. The van der Waals surface area contributed by atoms with Crippen molar-refractivity contribution < 1.29 is 4.79 Å². The van der Waals surface area contributed by atoms with E-state index in [2.05, 4.69) is 15.3 Å². The summed E-state index contributed by atoms with van der Waals surface area (Å²) in [6.07, 6.45) is 8.43. The molecule has 4 bridgehead atoms. The lowest BCUT2D eigenvalue weighted by atomic mass is 9.49. The zero-order valence-electron chi connectivity index (χ0n) is 11.6. The number of hydrogen-bond acceptors (Lipinski definition) is 3. The zero-order chi connectivity index (χ0) is 14.6. The second kappa shape index (κ2) is 4.82. The Morgan fingerprint density at radius 3 is 2.24 bits per heavy atom. The van der Waals surface area contributed by atoms with E-state index in [1.54, 1.807) is 0 Å². The summed E-state index contributed by atoms with van der Waals surface area (Å²) < 4.78 is 0. The molecule has 4 fully saturated rings. The summed E-state index contributed by atoms with van der Waals surface area (Å²) in [5, 5.41) is 3.33. The van der Waals surface area contributed by atoms with Crippen LogP contribution in [0.2, 0.25) is 10.2 Å². The van der Waals surface area contributed by atoms with Crippen LogP contribution in [0.1, 0.15) is 38.5 Å². The Hall–Kier alpha value is -0.870. The van der Waals surface area contributed by atoms with Crippen molar-refractivity contribution in [1.29, 1.82) is 0 Å². The standard InChI is InChI=1S/C15H17Cl2N3O/c16-11-7-18-14(19-12(11)17)20-13(21)15-4-8-1-9(5-15)3-10(2-8)6-15/h7-10H,1-6H2,(H,18,19,20,21). The smallest absolute Gasteiger partial charge is 0.232 e. The third kappa shape index (κ3) is 2.33. The first-order valence-electron chi connectivity index (χ1n) is 7.53. The van der Waals surface area contributed by atoms with Crippen molar-refractivity contribution in [2.45, 2.75) is 38.5 Å². The maximum Gasteiger partial charge on any atom is 0.232 e. The predicted molar refractivity (Wildman–Crippen MR) is 81.3 cm³/mol. The molecule has 5 rings (SSSR count). The highest BCUT2D eigenvalue weighted by Crippen LogP contribution is 2.60. The summed E-state index contributed by atoms with van der Waals surface area (Å²) in [7, 11) is 0. The molecule has 1 aromatic rings. The van der Waals surface area contributed by atoms with Crippen LogP contribution in [0.3, 0.4) is 0 Å². The number of hydrogen-bond donors (Lipinski definition) is 1. The summed E-state index contributed by atoms with van der Waals surface area (Å²) in [5.74, 6) is 2.52. The van der Waals surface area contributed by atoms with Crippen LogP contribution in [0.5, 0.6) is 0 Å². The van der Waals surface area contributed by atoms with Crippen LogP contribution in [0.15, 0.2) is 6.20 Å². The Balaban J connectivity index is 1.56. The molecule has 6 heteroatoms. The molecule has 0 aliphatic heterocycles. The minimum atomic E-state index is -0.204. The Morgan fingerprint density at radius 1 is 1.14 bits per heavy atom. The van der Waals surface area contributed by atoms with Gasteiger partial charge in [-0.1, -0.05) is 23.2 Å². The van der Waals surface area contributed by atoms with Crippen molar-refractivity contribution in [3.05, 3.63) is 16.4 Å². The lowest BCUT2D eigenvalue weighted by Gasteiger charge is -2.55. The summed E-state index contributed by atoms with van der Waals surface area (Å²) >= 11 is 11.7. The van der Waals surface area contributed by atoms with E-state index in [-0.39, 0.29) is 22.4 Å². The summed E-state index contributed by atoms with van der Waals surface area (Å²) in [6, 6.07) is 0. The predicted octanol–water partition coefficient (Wildman–Crippen LogP) is 3.94. The van der Waals surface area contributed by atoms with Gasteiger partial charge >= 0.3 is 0 Å². The van der Waals surface area contributed by atoms with Crippen molar-refractivity contribution in [2.75, 3.05) is 5.32 Å². The highest BCUT2D eigenvalue weighted by molar-refractivity contribution is 6.41. The van der Waals surface area contributed by atoms with Crippen LogP contribution in [0.4, 0.5) is 5.95 Å². The molecule has 112 valence electrons. The van der Waals surface area contributed by atoms with Gasteiger partial charge in [0.05, 0.1) is 16.6 Å². The second-order valence-corrected chi connectivity index (χ2v) is 7.75. The third-order valence-electron chi connectivity index (χ3n) is 5.45. The number of nitrogens with zero attached hydrogens (tertiary/aromatic N) is 2. The van der Waals surface area contributed by atoms with E-state index in [9.17, 15) is 4.79 Å². The van der Waals surface area contributed by atoms with Gasteiger partial charge in [0.2, 0.25) is 11.9 Å². The van der Waals surface area contributed by atoms with Gasteiger partial charge in [-0.3, -0.25) is 10.1 Å². The topological polar surface area (TPSA) is 54.9 Å². The van der Waals surface area contributed by atoms with E-state index in [0.29, 0.717) is 5.02 Å². The largest absolute Gasteiger partial charge is 0.294 e. The molecule has 0 unspecified atom stereocenters. The monoisotopic (exact) mass is 325 g/mol. The van der Waals surface area contributed by atoms with Crippen LogP contribution in [0.25, 0.3) is 0 Å². The van der Waals surface area contributed by atoms with Crippen molar-refractivity contribution in [3.8, 4) is 0 Å². The molecule has 4 nitrogen and oxygen atoms in total. The fraction of sp³-hybridized carbons (Fsp3) is 0.667. The number of carbonyl (C=O) groups excluding carboxylic acids is 1. The molecular weight excluding hydrogens is 309 g/mol. The Morgan fingerprint density at radius 2 is 1.71 bits per heavy atom. The van der Waals surface area contributed by atoms with Crippen LogP contribution >= 0.6 is 23.2 Å². The minimum absolute atomic E-state index is 0.0694. The molecule has 4 aliphatic carbocycles. The average Bonchev–Trinajstić information content (AvgIpc) is 2.41. The summed E-state index contributed by atoms with van der Waals surface area (Å²) in [5.41, 5.74) is -0.204. The maximum atomic E-state index is 12.8. The Kier molecular flexibility index (Phi) is 3.16. The first kappa shape index (κ1) is 13.8. The number of halogens is 2. The Bertz CT molecular complexity index is 569. The molecule has 0 spiro atoms. The molecule has 1 amide bonds. The van der Waals surface area contributed by atoms with Crippen LogP contribution < -0.4 is 5.32 Å². The average molecular weight is 326 g/mol. The molecular formula is C15H17Cl2N3O. The molecule has 4 aliphatic rings. The highest BCUT2D eigenvalue weighted by atomic mass is 35.5. The van der Waals surface area contributed by atoms with Gasteiger partial charge < -0.3 is 0 Å². The van der Waals surface area contributed by atoms with Gasteiger partial charge in [-0.2, -0.15) is 4.98 Å². The van der Waals surface area contributed by atoms with E-state index in [0.717, 1.165) is 37.0 Å².